The second kappa shape index (κ2) is 5.51. The zero-order valence-electron chi connectivity index (χ0n) is 10.9. The van der Waals surface area contributed by atoms with Crippen LogP contribution >= 0.6 is 0 Å². The van der Waals surface area contributed by atoms with Gasteiger partial charge < -0.3 is 30.0 Å². The summed E-state index contributed by atoms with van der Waals surface area (Å²) in [5.74, 6) is -0.489. The number of aliphatic hydroxyl groups excluding tert-OH is 2. The molecule has 2 heterocycles. The summed E-state index contributed by atoms with van der Waals surface area (Å²) in [6.07, 6.45) is -1.88. The molecule has 0 spiro atoms. The number of β-amino-alcohol motifs (C(OH)–C–C–N with tert-alkyl or cyclic N) is 2. The molecule has 1 aromatic heterocycles. The van der Waals surface area contributed by atoms with Gasteiger partial charge in [0.1, 0.15) is 17.1 Å². The van der Waals surface area contributed by atoms with Crippen molar-refractivity contribution in [2.24, 2.45) is 0 Å². The highest BCUT2D eigenvalue weighted by Crippen LogP contribution is 2.15. The number of furan rings is 1. The molecule has 1 aliphatic rings. The molecule has 8 nitrogen and oxygen atoms in total. The Morgan fingerprint density at radius 1 is 1.40 bits per heavy atom. The third kappa shape index (κ3) is 2.91. The lowest BCUT2D eigenvalue weighted by molar-refractivity contribution is 0.0572. The first-order valence-electron chi connectivity index (χ1n) is 6.10. The highest BCUT2D eigenvalue weighted by molar-refractivity contribution is 5.88. The van der Waals surface area contributed by atoms with E-state index in [4.69, 9.17) is 9.52 Å². The molecular formula is C12H16N2O6. The SMILES string of the molecule is Cc1oc(CNC(=O)N2CC(O)C(O)C2)cc1C(=O)O. The Morgan fingerprint density at radius 2 is 2.00 bits per heavy atom. The van der Waals surface area contributed by atoms with Gasteiger partial charge in [-0.3, -0.25) is 0 Å². The summed E-state index contributed by atoms with van der Waals surface area (Å²) in [7, 11) is 0. The van der Waals surface area contributed by atoms with Gasteiger partial charge in [-0.1, -0.05) is 0 Å². The van der Waals surface area contributed by atoms with Gasteiger partial charge in [0.15, 0.2) is 0 Å². The predicted octanol–water partition coefficient (Wildman–Crippen LogP) is -0.467. The Bertz CT molecular complexity index is 516. The Hall–Kier alpha value is -2.06. The van der Waals surface area contributed by atoms with Crippen LogP contribution < -0.4 is 5.32 Å². The van der Waals surface area contributed by atoms with Gasteiger partial charge in [-0.05, 0) is 13.0 Å². The van der Waals surface area contributed by atoms with E-state index in [1.807, 2.05) is 0 Å². The van der Waals surface area contributed by atoms with Gasteiger partial charge in [0.05, 0.1) is 31.8 Å². The van der Waals surface area contributed by atoms with Crippen molar-refractivity contribution < 1.29 is 29.3 Å². The lowest BCUT2D eigenvalue weighted by Crippen LogP contribution is -2.38. The molecule has 0 bridgehead atoms. The van der Waals surface area contributed by atoms with Crippen molar-refractivity contribution in [2.45, 2.75) is 25.7 Å². The maximum atomic E-state index is 11.8. The first-order chi connectivity index (χ1) is 9.38. The number of nitrogens with one attached hydrogen (secondary N) is 1. The van der Waals surface area contributed by atoms with Gasteiger partial charge in [-0.15, -0.1) is 0 Å². The molecule has 0 aliphatic carbocycles. The smallest absolute Gasteiger partial charge is 0.339 e. The molecule has 1 aliphatic heterocycles. The number of carboxylic acids is 1. The lowest BCUT2D eigenvalue weighted by atomic mass is 10.2. The Labute approximate surface area is 114 Å². The van der Waals surface area contributed by atoms with Crippen molar-refractivity contribution in [3.8, 4) is 0 Å². The average molecular weight is 284 g/mol. The number of nitrogens with zero attached hydrogens (tertiary/aromatic N) is 1. The van der Waals surface area contributed by atoms with E-state index in [0.29, 0.717) is 5.76 Å². The number of carbonyl (C=O) groups is 2. The van der Waals surface area contributed by atoms with Crippen LogP contribution in [0, 0.1) is 6.92 Å². The van der Waals surface area contributed by atoms with Crippen LogP contribution in [-0.4, -0.2) is 57.5 Å². The summed E-state index contributed by atoms with van der Waals surface area (Å²) in [6.45, 7) is 1.69. The second-order valence-electron chi connectivity index (χ2n) is 4.69. The number of aromatic carboxylic acids is 1. The first-order valence-corrected chi connectivity index (χ1v) is 6.10. The van der Waals surface area contributed by atoms with Gasteiger partial charge in [0.2, 0.25) is 0 Å². The number of hydrogen-bond donors (Lipinski definition) is 4. The molecule has 2 rings (SSSR count). The summed E-state index contributed by atoms with van der Waals surface area (Å²) in [6, 6.07) is 0.901. The minimum Gasteiger partial charge on any atom is -0.478 e. The number of carbonyl (C=O) groups excluding carboxylic acids is 1. The number of aryl methyl sites for hydroxylation is 1. The number of carboxylic acid groups (broad SMARTS) is 1. The normalized spacial score (nSPS) is 22.1. The molecule has 20 heavy (non-hydrogen) atoms. The third-order valence-corrected chi connectivity index (χ3v) is 3.16. The van der Waals surface area contributed by atoms with Crippen molar-refractivity contribution in [3.63, 3.8) is 0 Å². The highest BCUT2D eigenvalue weighted by Gasteiger charge is 2.32. The molecule has 1 aromatic rings. The van der Waals surface area contributed by atoms with Gasteiger partial charge in [0.25, 0.3) is 0 Å². The number of aliphatic hydroxyl groups is 2. The molecule has 0 aromatic carbocycles. The fourth-order valence-electron chi connectivity index (χ4n) is 2.05. The molecule has 1 fully saturated rings. The van der Waals surface area contributed by atoms with Crippen LogP contribution in [0.1, 0.15) is 21.9 Å². The van der Waals surface area contributed by atoms with Gasteiger partial charge in [-0.25, -0.2) is 9.59 Å². The Kier molecular flexibility index (Phi) is 3.96. The van der Waals surface area contributed by atoms with E-state index >= 15 is 0 Å². The monoisotopic (exact) mass is 284 g/mol. The van der Waals surface area contributed by atoms with Crippen molar-refractivity contribution in [1.82, 2.24) is 10.2 Å². The minimum absolute atomic E-state index is 0.0373. The van der Waals surface area contributed by atoms with Crippen LogP contribution in [0.5, 0.6) is 0 Å². The van der Waals surface area contributed by atoms with Gasteiger partial charge >= 0.3 is 12.0 Å². The topological polar surface area (TPSA) is 123 Å². The number of urea groups is 1. The van der Waals surface area contributed by atoms with Crippen LogP contribution in [-0.2, 0) is 6.54 Å². The molecule has 2 unspecified atom stereocenters. The summed E-state index contributed by atoms with van der Waals surface area (Å²) in [4.78, 5) is 23.9. The minimum atomic E-state index is -1.09. The van der Waals surface area contributed by atoms with E-state index in [1.54, 1.807) is 0 Å². The van der Waals surface area contributed by atoms with Crippen molar-refractivity contribution in [1.29, 1.82) is 0 Å². The highest BCUT2D eigenvalue weighted by atomic mass is 16.4. The molecule has 2 amide bonds. The van der Waals surface area contributed by atoms with E-state index in [1.165, 1.54) is 17.9 Å². The Balaban J connectivity index is 1.91. The molecule has 1 saturated heterocycles. The fraction of sp³-hybridized carbons (Fsp3) is 0.500. The number of likely N-dealkylation sites (tertiary alicyclic amines) is 1. The van der Waals surface area contributed by atoms with E-state index < -0.39 is 24.2 Å². The molecule has 2 atom stereocenters. The van der Waals surface area contributed by atoms with E-state index in [-0.39, 0.29) is 31.0 Å². The standard InChI is InChI=1S/C12H16N2O6/c1-6-8(11(17)18)2-7(20-6)3-13-12(19)14-4-9(15)10(16)5-14/h2,9-10,15-16H,3-5H2,1H3,(H,13,19)(H,17,18). The van der Waals surface area contributed by atoms with E-state index in [9.17, 15) is 19.8 Å². The predicted molar refractivity (Wildman–Crippen MR) is 66.2 cm³/mol. The van der Waals surface area contributed by atoms with Crippen LogP contribution in [0.2, 0.25) is 0 Å². The molecular weight excluding hydrogens is 268 g/mol. The second-order valence-corrected chi connectivity index (χ2v) is 4.69. The summed E-state index contributed by atoms with van der Waals surface area (Å²) in [5.41, 5.74) is 0.0567. The quantitative estimate of drug-likeness (QED) is 0.595. The summed E-state index contributed by atoms with van der Waals surface area (Å²) in [5, 5.41) is 30.1. The van der Waals surface area contributed by atoms with Gasteiger partial charge in [0, 0.05) is 0 Å². The first kappa shape index (κ1) is 14.4. The van der Waals surface area contributed by atoms with Gasteiger partial charge in [-0.2, -0.15) is 0 Å². The largest absolute Gasteiger partial charge is 0.478 e. The van der Waals surface area contributed by atoms with E-state index in [0.717, 1.165) is 0 Å². The van der Waals surface area contributed by atoms with Crippen LogP contribution in [0.25, 0.3) is 0 Å². The van der Waals surface area contributed by atoms with Crippen molar-refractivity contribution in [3.05, 3.63) is 23.2 Å². The third-order valence-electron chi connectivity index (χ3n) is 3.16. The van der Waals surface area contributed by atoms with E-state index in [2.05, 4.69) is 5.32 Å². The van der Waals surface area contributed by atoms with Crippen LogP contribution in [0.4, 0.5) is 4.79 Å². The zero-order valence-corrected chi connectivity index (χ0v) is 10.9. The summed E-state index contributed by atoms with van der Waals surface area (Å²) >= 11 is 0. The molecule has 110 valence electrons. The lowest BCUT2D eigenvalue weighted by Gasteiger charge is -2.15. The van der Waals surface area contributed by atoms with Crippen molar-refractivity contribution in [2.75, 3.05) is 13.1 Å². The number of rotatable bonds is 3. The Morgan fingerprint density at radius 3 is 2.50 bits per heavy atom. The van der Waals surface area contributed by atoms with Crippen LogP contribution in [0.3, 0.4) is 0 Å². The fourth-order valence-corrected chi connectivity index (χ4v) is 2.05. The van der Waals surface area contributed by atoms with Crippen LogP contribution in [0.15, 0.2) is 10.5 Å². The molecule has 0 saturated carbocycles. The number of amides is 2. The summed E-state index contributed by atoms with van der Waals surface area (Å²) < 4.78 is 5.22. The van der Waals surface area contributed by atoms with Crippen molar-refractivity contribution >= 4 is 12.0 Å². The zero-order chi connectivity index (χ0) is 14.9. The maximum absolute atomic E-state index is 11.8. The average Bonchev–Trinajstić information content (AvgIpc) is 2.91. The molecule has 4 N–H and O–H groups in total. The number of hydrogen-bond acceptors (Lipinski definition) is 5. The maximum Gasteiger partial charge on any atom is 0.339 e. The molecule has 8 heteroatoms. The molecule has 0 radical (unpaired) electrons.